The molecule has 2 rings (SSSR count). The van der Waals surface area contributed by atoms with Crippen molar-refractivity contribution in [2.24, 2.45) is 0 Å². The minimum Gasteiger partial charge on any atom is -0.480 e. The quantitative estimate of drug-likeness (QED) is 0.345. The fourth-order valence-corrected chi connectivity index (χ4v) is 3.34. The lowest BCUT2D eigenvalue weighted by Gasteiger charge is -2.14. The number of carbonyl (C=O) groups is 2. The van der Waals surface area contributed by atoms with Crippen molar-refractivity contribution in [2.45, 2.75) is 13.0 Å². The van der Waals surface area contributed by atoms with Crippen LogP contribution in [-0.4, -0.2) is 39.1 Å². The third-order valence-electron chi connectivity index (χ3n) is 3.47. The van der Waals surface area contributed by atoms with Crippen LogP contribution in [0.15, 0.2) is 36.4 Å². The predicted molar refractivity (Wildman–Crippen MR) is 112 cm³/mol. The largest absolute Gasteiger partial charge is 0.480 e. The van der Waals surface area contributed by atoms with Gasteiger partial charge in [-0.2, -0.15) is 0 Å². The topological polar surface area (TPSA) is 98.8 Å². The summed E-state index contributed by atoms with van der Waals surface area (Å²) in [7, 11) is -3.42. The normalized spacial score (nSPS) is 12.2. The fourth-order valence-electron chi connectivity index (χ4n) is 2.19. The number of ketones is 1. The summed E-state index contributed by atoms with van der Waals surface area (Å²) in [5.41, 5.74) is 0.554. The van der Waals surface area contributed by atoms with Crippen molar-refractivity contribution in [1.29, 1.82) is 0 Å². The zero-order chi connectivity index (χ0) is 21.8. The third-order valence-corrected chi connectivity index (χ3v) is 5.09. The van der Waals surface area contributed by atoms with Gasteiger partial charge in [-0.05, 0) is 37.3 Å². The maximum Gasteiger partial charge on any atom is 0.344 e. The first-order valence-corrected chi connectivity index (χ1v) is 11.1. The van der Waals surface area contributed by atoms with Gasteiger partial charge < -0.3 is 9.47 Å². The summed E-state index contributed by atoms with van der Waals surface area (Å²) in [6, 6.07) is 8.44. The van der Waals surface area contributed by atoms with Crippen molar-refractivity contribution in [1.82, 2.24) is 0 Å². The second kappa shape index (κ2) is 9.67. The summed E-state index contributed by atoms with van der Waals surface area (Å²) >= 11 is 17.6. The first-order chi connectivity index (χ1) is 13.5. The standard InChI is InChI=1S/C18H16Cl3NO6S/c1-10(18(24)11-3-5-12(6-4-11)22-29(2,25)26)28-17(23)9-27-16-8-14(20)13(19)7-15(16)21/h3-8,10,22H,9H2,1-2H3. The Bertz CT molecular complexity index is 1020. The predicted octanol–water partition coefficient (Wildman–Crippen LogP) is 4.21. The van der Waals surface area contributed by atoms with E-state index in [9.17, 15) is 18.0 Å². The highest BCUT2D eigenvalue weighted by atomic mass is 35.5. The number of halogens is 3. The van der Waals surface area contributed by atoms with Crippen molar-refractivity contribution in [3.63, 3.8) is 0 Å². The lowest BCUT2D eigenvalue weighted by molar-refractivity contribution is -0.148. The van der Waals surface area contributed by atoms with E-state index in [1.54, 1.807) is 0 Å². The first kappa shape index (κ1) is 23.3. The molecule has 29 heavy (non-hydrogen) atoms. The summed E-state index contributed by atoms with van der Waals surface area (Å²) in [5, 5.41) is 0.611. The minimum atomic E-state index is -3.42. The summed E-state index contributed by atoms with van der Waals surface area (Å²) < 4.78 is 35.0. The minimum absolute atomic E-state index is 0.144. The summed E-state index contributed by atoms with van der Waals surface area (Å²) in [6.45, 7) is 0.918. The van der Waals surface area contributed by atoms with Gasteiger partial charge in [-0.15, -0.1) is 0 Å². The van der Waals surface area contributed by atoms with Crippen LogP contribution in [0.2, 0.25) is 15.1 Å². The third kappa shape index (κ3) is 7.08. The number of hydrogen-bond donors (Lipinski definition) is 1. The Morgan fingerprint density at radius 1 is 1.03 bits per heavy atom. The number of sulfonamides is 1. The lowest BCUT2D eigenvalue weighted by atomic mass is 10.1. The van der Waals surface area contributed by atoms with Crippen LogP contribution < -0.4 is 9.46 Å². The summed E-state index contributed by atoms with van der Waals surface area (Å²) in [5.74, 6) is -1.11. The number of benzene rings is 2. The first-order valence-electron chi connectivity index (χ1n) is 8.05. The van der Waals surface area contributed by atoms with E-state index >= 15 is 0 Å². The Morgan fingerprint density at radius 2 is 1.62 bits per heavy atom. The van der Waals surface area contributed by atoms with Crippen molar-refractivity contribution in [2.75, 3.05) is 17.6 Å². The van der Waals surface area contributed by atoms with Gasteiger partial charge in [0.2, 0.25) is 15.8 Å². The molecule has 2 aromatic rings. The van der Waals surface area contributed by atoms with Crippen LogP contribution in [0.25, 0.3) is 0 Å². The molecule has 7 nitrogen and oxygen atoms in total. The Morgan fingerprint density at radius 3 is 2.21 bits per heavy atom. The van der Waals surface area contributed by atoms with E-state index in [0.717, 1.165) is 6.26 Å². The highest BCUT2D eigenvalue weighted by molar-refractivity contribution is 7.92. The molecule has 2 aromatic carbocycles. The number of rotatable bonds is 8. The van der Waals surface area contributed by atoms with E-state index in [1.165, 1.54) is 43.3 Å². The number of ether oxygens (including phenoxy) is 2. The van der Waals surface area contributed by atoms with Gasteiger partial charge in [0.15, 0.2) is 12.7 Å². The molecule has 0 bridgehead atoms. The SMILES string of the molecule is CC(OC(=O)COc1cc(Cl)c(Cl)cc1Cl)C(=O)c1ccc(NS(C)(=O)=O)cc1. The van der Waals surface area contributed by atoms with E-state index in [0.29, 0.717) is 5.69 Å². The molecule has 0 aliphatic rings. The number of hydrogen-bond acceptors (Lipinski definition) is 6. The lowest BCUT2D eigenvalue weighted by Crippen LogP contribution is -2.27. The molecule has 0 saturated carbocycles. The van der Waals surface area contributed by atoms with Crippen LogP contribution >= 0.6 is 34.8 Å². The van der Waals surface area contributed by atoms with Crippen molar-refractivity contribution in [3.8, 4) is 5.75 Å². The van der Waals surface area contributed by atoms with Crippen molar-refractivity contribution >= 4 is 62.3 Å². The van der Waals surface area contributed by atoms with Gasteiger partial charge in [0.25, 0.3) is 0 Å². The second-order valence-electron chi connectivity index (χ2n) is 5.93. The number of esters is 1. The molecule has 156 valence electrons. The number of Topliss-reactive ketones (excluding diaryl/α,β-unsaturated/α-hetero) is 1. The van der Waals surface area contributed by atoms with Crippen LogP contribution in [0.1, 0.15) is 17.3 Å². The molecule has 1 unspecified atom stereocenters. The van der Waals surface area contributed by atoms with Gasteiger partial charge in [-0.25, -0.2) is 13.2 Å². The number of anilines is 1. The van der Waals surface area contributed by atoms with Crippen molar-refractivity contribution < 1.29 is 27.5 Å². The molecule has 0 spiro atoms. The molecule has 0 heterocycles. The van der Waals surface area contributed by atoms with Gasteiger partial charge in [-0.1, -0.05) is 34.8 Å². The molecule has 0 aliphatic carbocycles. The van der Waals surface area contributed by atoms with Crippen LogP contribution in [0.4, 0.5) is 5.69 Å². The summed E-state index contributed by atoms with van der Waals surface area (Å²) in [4.78, 5) is 24.3. The molecular formula is C18H16Cl3NO6S. The maximum absolute atomic E-state index is 12.4. The number of nitrogens with one attached hydrogen (secondary N) is 1. The Balaban J connectivity index is 1.93. The Hall–Kier alpha value is -2.00. The molecule has 0 radical (unpaired) electrons. The molecule has 0 aromatic heterocycles. The van der Waals surface area contributed by atoms with Gasteiger partial charge in [0.1, 0.15) is 5.75 Å². The monoisotopic (exact) mass is 479 g/mol. The molecule has 1 atom stereocenters. The van der Waals surface area contributed by atoms with E-state index in [4.69, 9.17) is 44.3 Å². The van der Waals surface area contributed by atoms with E-state index in [1.807, 2.05) is 0 Å². The average molecular weight is 481 g/mol. The molecule has 0 aliphatic heterocycles. The van der Waals surface area contributed by atoms with Gasteiger partial charge in [-0.3, -0.25) is 9.52 Å². The molecule has 0 fully saturated rings. The second-order valence-corrected chi connectivity index (χ2v) is 8.90. The molecule has 0 saturated heterocycles. The highest BCUT2D eigenvalue weighted by Crippen LogP contribution is 2.33. The van der Waals surface area contributed by atoms with Gasteiger partial charge >= 0.3 is 5.97 Å². The fraction of sp³-hybridized carbons (Fsp3) is 0.222. The Kier molecular flexibility index (Phi) is 7.76. The van der Waals surface area contributed by atoms with Crippen LogP contribution in [0.3, 0.4) is 0 Å². The van der Waals surface area contributed by atoms with Gasteiger partial charge in [0.05, 0.1) is 21.3 Å². The average Bonchev–Trinajstić information content (AvgIpc) is 2.62. The zero-order valence-electron chi connectivity index (χ0n) is 15.2. The molecule has 11 heteroatoms. The zero-order valence-corrected chi connectivity index (χ0v) is 18.3. The number of carbonyl (C=O) groups excluding carboxylic acids is 2. The molecule has 0 amide bonds. The van der Waals surface area contributed by atoms with Crippen LogP contribution in [0, 0.1) is 0 Å². The van der Waals surface area contributed by atoms with E-state index in [2.05, 4.69) is 4.72 Å². The Labute approximate surface area is 182 Å². The van der Waals surface area contributed by atoms with Crippen LogP contribution in [0.5, 0.6) is 5.75 Å². The van der Waals surface area contributed by atoms with Crippen molar-refractivity contribution in [3.05, 3.63) is 57.0 Å². The smallest absolute Gasteiger partial charge is 0.344 e. The highest BCUT2D eigenvalue weighted by Gasteiger charge is 2.20. The van der Waals surface area contributed by atoms with Gasteiger partial charge in [0, 0.05) is 17.3 Å². The van der Waals surface area contributed by atoms with Crippen LogP contribution in [-0.2, 0) is 19.6 Å². The maximum atomic E-state index is 12.4. The molecule has 1 N–H and O–H groups in total. The summed E-state index contributed by atoms with van der Waals surface area (Å²) in [6.07, 6.45) is -0.0648. The molecular weight excluding hydrogens is 465 g/mol. The van der Waals surface area contributed by atoms with E-state index < -0.39 is 34.5 Å². The van der Waals surface area contributed by atoms with E-state index in [-0.39, 0.29) is 26.4 Å².